The molecular formula is C27H23ClF2N4O3. The van der Waals surface area contributed by atoms with Crippen molar-refractivity contribution in [2.45, 2.75) is 25.0 Å². The number of nitrogens with two attached hydrogens (primary N) is 1. The highest BCUT2D eigenvalue weighted by Crippen LogP contribution is 2.40. The van der Waals surface area contributed by atoms with E-state index >= 15 is 0 Å². The summed E-state index contributed by atoms with van der Waals surface area (Å²) in [7, 11) is 0. The molecule has 0 saturated carbocycles. The number of nitrogens with one attached hydrogen (secondary N) is 1. The number of halogens is 3. The van der Waals surface area contributed by atoms with Gasteiger partial charge in [0.25, 0.3) is 11.8 Å². The van der Waals surface area contributed by atoms with E-state index in [9.17, 15) is 18.4 Å². The van der Waals surface area contributed by atoms with Crippen LogP contribution in [0.5, 0.6) is 5.75 Å². The van der Waals surface area contributed by atoms with E-state index < -0.39 is 24.9 Å². The Morgan fingerprint density at radius 1 is 1.16 bits per heavy atom. The lowest BCUT2D eigenvalue weighted by atomic mass is 9.99. The van der Waals surface area contributed by atoms with Crippen LogP contribution in [0.3, 0.4) is 0 Å². The summed E-state index contributed by atoms with van der Waals surface area (Å²) in [6.07, 6.45) is 4.91. The molecule has 2 aliphatic heterocycles. The standard InChI is InChI=1S/C27H23ClF2N4O3/c28-22-11-19(17-2-4-18(5-3-17)26(36)34-14-27(29,30)15-34)9-20-10-21(37-25(20)22)6-8-24(35)33-13-16-1-7-23(31)32-12-16/h1-9,11-12,21H,10,13-15H2,(H2,31,32)(H,33,35)/b8-6+. The van der Waals surface area contributed by atoms with E-state index in [1.165, 1.54) is 6.08 Å². The van der Waals surface area contributed by atoms with Crippen molar-refractivity contribution < 1.29 is 23.1 Å². The van der Waals surface area contributed by atoms with Gasteiger partial charge in [-0.2, -0.15) is 0 Å². The summed E-state index contributed by atoms with van der Waals surface area (Å²) in [6, 6.07) is 14.0. The van der Waals surface area contributed by atoms with Gasteiger partial charge < -0.3 is 20.7 Å². The molecule has 2 aliphatic rings. The second kappa shape index (κ2) is 9.82. The average Bonchev–Trinajstić information content (AvgIpc) is 3.29. The van der Waals surface area contributed by atoms with Gasteiger partial charge in [0, 0.05) is 36.4 Å². The fraction of sp³-hybridized carbons (Fsp3) is 0.222. The van der Waals surface area contributed by atoms with Crippen LogP contribution in [0, 0.1) is 0 Å². The summed E-state index contributed by atoms with van der Waals surface area (Å²) in [5, 5.41) is 3.22. The number of fused-ring (bicyclic) bond motifs is 1. The van der Waals surface area contributed by atoms with Crippen LogP contribution in [-0.2, 0) is 17.8 Å². The molecule has 0 bridgehead atoms. The first-order valence-electron chi connectivity index (χ1n) is 11.6. The first kappa shape index (κ1) is 24.7. The van der Waals surface area contributed by atoms with Gasteiger partial charge in [-0.15, -0.1) is 0 Å². The Balaban J connectivity index is 1.20. The zero-order valence-electron chi connectivity index (χ0n) is 19.6. The first-order valence-corrected chi connectivity index (χ1v) is 12.0. The quantitative estimate of drug-likeness (QED) is 0.470. The van der Waals surface area contributed by atoms with E-state index in [0.29, 0.717) is 35.1 Å². The largest absolute Gasteiger partial charge is 0.484 e. The summed E-state index contributed by atoms with van der Waals surface area (Å²) in [5.74, 6) is -2.50. The third-order valence-electron chi connectivity index (χ3n) is 6.18. The minimum absolute atomic E-state index is 0.264. The van der Waals surface area contributed by atoms with Crippen LogP contribution in [0.1, 0.15) is 21.5 Å². The number of carbonyl (C=O) groups is 2. The molecule has 0 aliphatic carbocycles. The van der Waals surface area contributed by atoms with E-state index in [2.05, 4.69) is 10.3 Å². The Kier molecular flexibility index (Phi) is 6.55. The molecule has 3 aromatic rings. The molecule has 1 fully saturated rings. The molecule has 10 heteroatoms. The number of hydrogen-bond acceptors (Lipinski definition) is 5. The highest BCUT2D eigenvalue weighted by Gasteiger charge is 2.46. The van der Waals surface area contributed by atoms with Crippen molar-refractivity contribution in [3.8, 4) is 16.9 Å². The third kappa shape index (κ3) is 5.56. The molecular weight excluding hydrogens is 502 g/mol. The van der Waals surface area contributed by atoms with Crippen LogP contribution in [0.15, 0.2) is 66.9 Å². The van der Waals surface area contributed by atoms with E-state index in [0.717, 1.165) is 27.2 Å². The van der Waals surface area contributed by atoms with Gasteiger partial charge in [-0.05, 0) is 53.1 Å². The maximum atomic E-state index is 13.1. The summed E-state index contributed by atoms with van der Waals surface area (Å²) in [5.41, 5.74) is 9.30. The second-order valence-corrected chi connectivity index (χ2v) is 9.48. The Morgan fingerprint density at radius 3 is 2.59 bits per heavy atom. The number of rotatable bonds is 6. The van der Waals surface area contributed by atoms with E-state index in [1.807, 2.05) is 6.07 Å². The molecule has 3 N–H and O–H groups in total. The van der Waals surface area contributed by atoms with E-state index in [1.54, 1.807) is 54.7 Å². The minimum atomic E-state index is -2.80. The summed E-state index contributed by atoms with van der Waals surface area (Å²) >= 11 is 6.48. The zero-order valence-corrected chi connectivity index (χ0v) is 20.3. The van der Waals surface area contributed by atoms with Gasteiger partial charge in [-0.1, -0.05) is 29.8 Å². The van der Waals surface area contributed by atoms with Crippen molar-refractivity contribution in [2.75, 3.05) is 18.8 Å². The predicted molar refractivity (Wildman–Crippen MR) is 135 cm³/mol. The lowest BCUT2D eigenvalue weighted by Crippen LogP contribution is -2.58. The number of anilines is 1. The fourth-order valence-corrected chi connectivity index (χ4v) is 4.53. The molecule has 0 radical (unpaired) electrons. The molecule has 0 spiro atoms. The number of alkyl halides is 2. The number of likely N-dealkylation sites (tertiary alicyclic amines) is 1. The molecule has 2 aromatic carbocycles. The monoisotopic (exact) mass is 524 g/mol. The number of ether oxygens (including phenoxy) is 1. The number of hydrogen-bond donors (Lipinski definition) is 2. The SMILES string of the molecule is Nc1ccc(CNC(=O)/C=C/C2Cc3cc(-c4ccc(C(=O)N5CC(F)(F)C5)cc4)cc(Cl)c3O2)cn1. The van der Waals surface area contributed by atoms with Gasteiger partial charge in [-0.3, -0.25) is 9.59 Å². The van der Waals surface area contributed by atoms with Crippen molar-refractivity contribution in [3.05, 3.63) is 88.6 Å². The Hall–Kier alpha value is -3.98. The highest BCUT2D eigenvalue weighted by molar-refractivity contribution is 6.32. The van der Waals surface area contributed by atoms with Crippen molar-refractivity contribution in [1.82, 2.24) is 15.2 Å². The predicted octanol–water partition coefficient (Wildman–Crippen LogP) is 4.25. The summed E-state index contributed by atoms with van der Waals surface area (Å²) < 4.78 is 32.1. The van der Waals surface area contributed by atoms with Gasteiger partial charge in [0.1, 0.15) is 17.7 Å². The maximum Gasteiger partial charge on any atom is 0.282 e. The van der Waals surface area contributed by atoms with Gasteiger partial charge in [0.15, 0.2) is 0 Å². The van der Waals surface area contributed by atoms with Gasteiger partial charge >= 0.3 is 0 Å². The molecule has 3 heterocycles. The first-order chi connectivity index (χ1) is 17.7. The number of nitrogen functional groups attached to an aromatic ring is 1. The molecule has 1 saturated heterocycles. The van der Waals surface area contributed by atoms with E-state index in [4.69, 9.17) is 22.1 Å². The number of carbonyl (C=O) groups excluding carboxylic acids is 2. The van der Waals surface area contributed by atoms with Crippen LogP contribution in [0.25, 0.3) is 11.1 Å². The fourth-order valence-electron chi connectivity index (χ4n) is 4.24. The van der Waals surface area contributed by atoms with Crippen molar-refractivity contribution in [2.24, 2.45) is 0 Å². The lowest BCUT2D eigenvalue weighted by molar-refractivity contribution is -0.116. The number of benzene rings is 2. The molecule has 2 amide bonds. The van der Waals surface area contributed by atoms with Gasteiger partial charge in [0.2, 0.25) is 5.91 Å². The zero-order chi connectivity index (χ0) is 26.2. The minimum Gasteiger partial charge on any atom is -0.484 e. The summed E-state index contributed by atoms with van der Waals surface area (Å²) in [6.45, 7) is -0.775. The van der Waals surface area contributed by atoms with Crippen LogP contribution in [0.4, 0.5) is 14.6 Å². The van der Waals surface area contributed by atoms with E-state index in [-0.39, 0.29) is 12.0 Å². The normalized spacial score (nSPS) is 17.7. The molecule has 1 unspecified atom stereocenters. The van der Waals surface area contributed by atoms with Crippen LogP contribution < -0.4 is 15.8 Å². The molecule has 1 atom stereocenters. The van der Waals surface area contributed by atoms with Crippen LogP contribution >= 0.6 is 11.6 Å². The van der Waals surface area contributed by atoms with Crippen molar-refractivity contribution in [3.63, 3.8) is 0 Å². The molecule has 5 rings (SSSR count). The number of nitrogens with zero attached hydrogens (tertiary/aromatic N) is 2. The Morgan fingerprint density at radius 2 is 1.92 bits per heavy atom. The summed E-state index contributed by atoms with van der Waals surface area (Å²) in [4.78, 5) is 29.7. The highest BCUT2D eigenvalue weighted by atomic mass is 35.5. The average molecular weight is 525 g/mol. The lowest BCUT2D eigenvalue weighted by Gasteiger charge is -2.38. The number of amides is 2. The Bertz CT molecular complexity index is 1370. The second-order valence-electron chi connectivity index (χ2n) is 9.07. The molecule has 190 valence electrons. The van der Waals surface area contributed by atoms with Gasteiger partial charge in [-0.25, -0.2) is 13.8 Å². The smallest absolute Gasteiger partial charge is 0.282 e. The topological polar surface area (TPSA) is 97.5 Å². The van der Waals surface area contributed by atoms with Crippen LogP contribution in [-0.4, -0.2) is 46.8 Å². The Labute approximate surface area is 216 Å². The van der Waals surface area contributed by atoms with Crippen molar-refractivity contribution in [1.29, 1.82) is 0 Å². The third-order valence-corrected chi connectivity index (χ3v) is 6.46. The molecule has 7 nitrogen and oxygen atoms in total. The molecule has 1 aromatic heterocycles. The number of aromatic nitrogens is 1. The number of pyridine rings is 1. The van der Waals surface area contributed by atoms with Crippen molar-refractivity contribution >= 4 is 29.2 Å². The van der Waals surface area contributed by atoms with Gasteiger partial charge in [0.05, 0.1) is 18.1 Å². The molecule has 37 heavy (non-hydrogen) atoms. The maximum absolute atomic E-state index is 13.1. The van der Waals surface area contributed by atoms with Crippen LogP contribution in [0.2, 0.25) is 5.02 Å².